The highest BCUT2D eigenvalue weighted by Gasteiger charge is 2.12. The molecule has 0 radical (unpaired) electrons. The maximum absolute atomic E-state index is 6.09. The number of hydrogen-bond donors (Lipinski definition) is 2. The molecule has 1 aromatic heterocycles. The Morgan fingerprint density at radius 1 is 1.28 bits per heavy atom. The van der Waals surface area contributed by atoms with Crippen LogP contribution >= 0.6 is 0 Å². The summed E-state index contributed by atoms with van der Waals surface area (Å²) in [5, 5.41) is 7.85. The Bertz CT molecular complexity index is 543. The molecule has 0 unspecified atom stereocenters. The Balaban J connectivity index is 2.36. The molecule has 0 aliphatic carbocycles. The van der Waals surface area contributed by atoms with Crippen LogP contribution in [0.25, 0.3) is 0 Å². The van der Waals surface area contributed by atoms with Crippen LogP contribution in [-0.4, -0.2) is 9.78 Å². The van der Waals surface area contributed by atoms with Crippen molar-refractivity contribution in [1.29, 1.82) is 0 Å². The molecule has 0 saturated carbocycles. The van der Waals surface area contributed by atoms with Gasteiger partial charge in [0.15, 0.2) is 5.82 Å². The summed E-state index contributed by atoms with van der Waals surface area (Å²) in [6, 6.07) is 8.16. The Labute approximate surface area is 108 Å². The Hall–Kier alpha value is -1.97. The highest BCUT2D eigenvalue weighted by Crippen LogP contribution is 2.27. The lowest BCUT2D eigenvalue weighted by molar-refractivity contribution is 0.605. The first-order valence-electron chi connectivity index (χ1n) is 6.29. The quantitative estimate of drug-likeness (QED) is 0.868. The molecule has 0 amide bonds. The van der Waals surface area contributed by atoms with Gasteiger partial charge in [-0.1, -0.05) is 25.1 Å². The molecular formula is C14H20N4. The van der Waals surface area contributed by atoms with Crippen molar-refractivity contribution >= 4 is 17.2 Å². The second-order valence-corrected chi connectivity index (χ2v) is 4.51. The van der Waals surface area contributed by atoms with E-state index in [4.69, 9.17) is 5.73 Å². The summed E-state index contributed by atoms with van der Waals surface area (Å²) in [5.74, 6) is 0.892. The standard InChI is InChI=1S/C14H20N4/c1-4-9-18-14(13(15)11(3)17-18)16-12-8-6-5-7-10(12)2/h5-8,16H,4,9,15H2,1-3H3. The predicted molar refractivity (Wildman–Crippen MR) is 76.1 cm³/mol. The highest BCUT2D eigenvalue weighted by molar-refractivity contribution is 5.72. The van der Waals surface area contributed by atoms with Crippen molar-refractivity contribution in [1.82, 2.24) is 9.78 Å². The molecule has 0 aliphatic heterocycles. The van der Waals surface area contributed by atoms with E-state index in [2.05, 4.69) is 30.3 Å². The zero-order chi connectivity index (χ0) is 13.1. The molecule has 0 aliphatic rings. The van der Waals surface area contributed by atoms with Crippen molar-refractivity contribution in [3.63, 3.8) is 0 Å². The monoisotopic (exact) mass is 244 g/mol. The lowest BCUT2D eigenvalue weighted by Crippen LogP contribution is -2.06. The number of para-hydroxylation sites is 1. The molecular weight excluding hydrogens is 224 g/mol. The summed E-state index contributed by atoms with van der Waals surface area (Å²) >= 11 is 0. The van der Waals surface area contributed by atoms with Crippen LogP contribution in [0.5, 0.6) is 0 Å². The number of rotatable bonds is 4. The van der Waals surface area contributed by atoms with E-state index in [0.717, 1.165) is 35.9 Å². The summed E-state index contributed by atoms with van der Waals surface area (Å²) in [4.78, 5) is 0. The molecule has 2 aromatic rings. The molecule has 4 heteroatoms. The molecule has 0 fully saturated rings. The molecule has 18 heavy (non-hydrogen) atoms. The molecule has 3 N–H and O–H groups in total. The minimum Gasteiger partial charge on any atom is -0.394 e. The minimum atomic E-state index is 0.728. The van der Waals surface area contributed by atoms with E-state index in [1.807, 2.05) is 29.8 Å². The van der Waals surface area contributed by atoms with Gasteiger partial charge in [0.05, 0.1) is 11.4 Å². The van der Waals surface area contributed by atoms with Gasteiger partial charge in [-0.15, -0.1) is 0 Å². The molecule has 1 heterocycles. The molecule has 96 valence electrons. The molecule has 4 nitrogen and oxygen atoms in total. The van der Waals surface area contributed by atoms with Crippen molar-refractivity contribution < 1.29 is 0 Å². The smallest absolute Gasteiger partial charge is 0.152 e. The topological polar surface area (TPSA) is 55.9 Å². The fourth-order valence-electron chi connectivity index (χ4n) is 1.94. The first-order valence-corrected chi connectivity index (χ1v) is 6.29. The van der Waals surface area contributed by atoms with Crippen molar-refractivity contribution in [2.45, 2.75) is 33.7 Å². The Morgan fingerprint density at radius 3 is 2.67 bits per heavy atom. The highest BCUT2D eigenvalue weighted by atomic mass is 15.3. The van der Waals surface area contributed by atoms with Crippen LogP contribution < -0.4 is 11.1 Å². The number of nitrogens with zero attached hydrogens (tertiary/aromatic N) is 2. The Morgan fingerprint density at radius 2 is 2.00 bits per heavy atom. The molecule has 2 rings (SSSR count). The molecule has 0 saturated heterocycles. The maximum Gasteiger partial charge on any atom is 0.152 e. The number of anilines is 3. The zero-order valence-corrected chi connectivity index (χ0v) is 11.2. The van der Waals surface area contributed by atoms with Gasteiger partial charge in [-0.05, 0) is 31.9 Å². The number of nitrogens with two attached hydrogens (primary N) is 1. The third kappa shape index (κ3) is 2.32. The zero-order valence-electron chi connectivity index (χ0n) is 11.2. The SMILES string of the molecule is CCCn1nc(C)c(N)c1Nc1ccccc1C. The third-order valence-corrected chi connectivity index (χ3v) is 3.01. The lowest BCUT2D eigenvalue weighted by atomic mass is 10.2. The molecule has 1 aromatic carbocycles. The van der Waals surface area contributed by atoms with Gasteiger partial charge >= 0.3 is 0 Å². The fourth-order valence-corrected chi connectivity index (χ4v) is 1.94. The molecule has 0 spiro atoms. The summed E-state index contributed by atoms with van der Waals surface area (Å²) < 4.78 is 1.94. The summed E-state index contributed by atoms with van der Waals surface area (Å²) in [5.41, 5.74) is 9.95. The average Bonchev–Trinajstić information content (AvgIpc) is 2.60. The average molecular weight is 244 g/mol. The number of nitrogens with one attached hydrogen (secondary N) is 1. The van der Waals surface area contributed by atoms with Crippen LogP contribution in [0.1, 0.15) is 24.6 Å². The lowest BCUT2D eigenvalue weighted by Gasteiger charge is -2.12. The van der Waals surface area contributed by atoms with Crippen LogP contribution in [-0.2, 0) is 6.54 Å². The van der Waals surface area contributed by atoms with Gasteiger partial charge in [-0.25, -0.2) is 4.68 Å². The van der Waals surface area contributed by atoms with Crippen molar-refractivity contribution in [2.75, 3.05) is 11.1 Å². The number of nitrogen functional groups attached to an aromatic ring is 1. The third-order valence-electron chi connectivity index (χ3n) is 3.01. The van der Waals surface area contributed by atoms with Crippen LogP contribution in [0.15, 0.2) is 24.3 Å². The van der Waals surface area contributed by atoms with Gasteiger partial charge < -0.3 is 11.1 Å². The largest absolute Gasteiger partial charge is 0.394 e. The second-order valence-electron chi connectivity index (χ2n) is 4.51. The predicted octanol–water partition coefficient (Wildman–Crippen LogP) is 3.24. The van der Waals surface area contributed by atoms with Crippen molar-refractivity contribution in [3.05, 3.63) is 35.5 Å². The van der Waals surface area contributed by atoms with E-state index in [-0.39, 0.29) is 0 Å². The van der Waals surface area contributed by atoms with E-state index >= 15 is 0 Å². The molecule has 0 atom stereocenters. The second kappa shape index (κ2) is 5.12. The van der Waals surface area contributed by atoms with Gasteiger partial charge in [-0.3, -0.25) is 0 Å². The maximum atomic E-state index is 6.09. The van der Waals surface area contributed by atoms with E-state index < -0.39 is 0 Å². The first-order chi connectivity index (χ1) is 8.63. The number of benzene rings is 1. The Kier molecular flexibility index (Phi) is 3.55. The van der Waals surface area contributed by atoms with E-state index in [1.165, 1.54) is 5.56 Å². The summed E-state index contributed by atoms with van der Waals surface area (Å²) in [7, 11) is 0. The fraction of sp³-hybridized carbons (Fsp3) is 0.357. The minimum absolute atomic E-state index is 0.728. The number of aryl methyl sites for hydroxylation is 3. The first kappa shape index (κ1) is 12.5. The van der Waals surface area contributed by atoms with Gasteiger partial charge in [0.2, 0.25) is 0 Å². The number of hydrogen-bond acceptors (Lipinski definition) is 3. The van der Waals surface area contributed by atoms with Crippen LogP contribution in [0.4, 0.5) is 17.2 Å². The van der Waals surface area contributed by atoms with Crippen molar-refractivity contribution in [2.24, 2.45) is 0 Å². The van der Waals surface area contributed by atoms with Gasteiger partial charge in [0.1, 0.15) is 0 Å². The summed E-state index contributed by atoms with van der Waals surface area (Å²) in [6.45, 7) is 7.01. The van der Waals surface area contributed by atoms with Crippen molar-refractivity contribution in [3.8, 4) is 0 Å². The number of aromatic nitrogens is 2. The van der Waals surface area contributed by atoms with Gasteiger partial charge in [0, 0.05) is 12.2 Å². The van der Waals surface area contributed by atoms with Gasteiger partial charge in [0.25, 0.3) is 0 Å². The summed E-state index contributed by atoms with van der Waals surface area (Å²) in [6.07, 6.45) is 1.03. The van der Waals surface area contributed by atoms with Crippen LogP contribution in [0.3, 0.4) is 0 Å². The van der Waals surface area contributed by atoms with E-state index in [1.54, 1.807) is 0 Å². The molecule has 0 bridgehead atoms. The van der Waals surface area contributed by atoms with E-state index in [9.17, 15) is 0 Å². The van der Waals surface area contributed by atoms with Gasteiger partial charge in [-0.2, -0.15) is 5.10 Å². The normalized spacial score (nSPS) is 10.6. The van der Waals surface area contributed by atoms with Crippen LogP contribution in [0.2, 0.25) is 0 Å². The van der Waals surface area contributed by atoms with E-state index in [0.29, 0.717) is 0 Å². The van der Waals surface area contributed by atoms with Crippen LogP contribution in [0, 0.1) is 13.8 Å².